The molecule has 1 aromatic carbocycles. The number of benzene rings is 1. The van der Waals surface area contributed by atoms with Crippen LogP contribution in [0, 0.1) is 5.82 Å². The predicted molar refractivity (Wildman–Crippen MR) is 95.3 cm³/mol. The summed E-state index contributed by atoms with van der Waals surface area (Å²) in [5.74, 6) is 0.483. The van der Waals surface area contributed by atoms with E-state index in [1.807, 2.05) is 4.90 Å². The second kappa shape index (κ2) is 6.22. The van der Waals surface area contributed by atoms with Gasteiger partial charge in [-0.05, 0) is 18.2 Å². The van der Waals surface area contributed by atoms with Crippen LogP contribution in [0.3, 0.4) is 0 Å². The highest BCUT2D eigenvalue weighted by atomic mass is 32.2. The fourth-order valence-electron chi connectivity index (χ4n) is 3.59. The first-order valence-corrected chi connectivity index (χ1v) is 10.0. The molecule has 2 aliphatic heterocycles. The van der Waals surface area contributed by atoms with Crippen LogP contribution in [0.25, 0.3) is 0 Å². The van der Waals surface area contributed by atoms with Crippen LogP contribution in [0.1, 0.15) is 13.3 Å². The Bertz CT molecular complexity index is 794. The number of anilines is 2. The van der Waals surface area contributed by atoms with Gasteiger partial charge in [-0.15, -0.1) is 0 Å². The third-order valence-electron chi connectivity index (χ3n) is 5.10. The quantitative estimate of drug-likeness (QED) is 0.845. The molecule has 1 spiro atoms. The van der Waals surface area contributed by atoms with Crippen LogP contribution >= 0.6 is 0 Å². The molecule has 7 nitrogen and oxygen atoms in total. The van der Waals surface area contributed by atoms with Crippen molar-refractivity contribution in [2.24, 2.45) is 0 Å². The van der Waals surface area contributed by atoms with E-state index in [1.165, 1.54) is 17.9 Å². The molecule has 26 heavy (non-hydrogen) atoms. The number of ether oxygens (including phenoxy) is 1. The first-order valence-electron chi connectivity index (χ1n) is 8.55. The largest absolute Gasteiger partial charge is 0.438 e. The molecule has 2 saturated heterocycles. The third kappa shape index (κ3) is 3.04. The summed E-state index contributed by atoms with van der Waals surface area (Å²) in [7, 11) is -0.825. The van der Waals surface area contributed by atoms with Gasteiger partial charge in [-0.3, -0.25) is 13.9 Å². The third-order valence-corrected chi connectivity index (χ3v) is 6.38. The van der Waals surface area contributed by atoms with E-state index in [2.05, 4.69) is 5.32 Å². The number of carbonyl (C=O) groups is 2. The van der Waals surface area contributed by atoms with Gasteiger partial charge in [-0.1, -0.05) is 0 Å². The number of rotatable bonds is 3. The number of hydrogen-bond donors (Lipinski definition) is 1. The number of nitrogens with one attached hydrogen (secondary N) is 1. The Morgan fingerprint density at radius 1 is 1.38 bits per heavy atom. The van der Waals surface area contributed by atoms with Crippen LogP contribution in [0.4, 0.5) is 20.6 Å². The Hall–Kier alpha value is -2.16. The van der Waals surface area contributed by atoms with Crippen LogP contribution in [-0.2, 0) is 20.3 Å². The van der Waals surface area contributed by atoms with Gasteiger partial charge in [0.05, 0.1) is 24.0 Å². The van der Waals surface area contributed by atoms with Crippen molar-refractivity contribution >= 4 is 34.2 Å². The van der Waals surface area contributed by atoms with E-state index in [1.54, 1.807) is 12.1 Å². The molecule has 0 radical (unpaired) electrons. The van der Waals surface area contributed by atoms with E-state index >= 15 is 0 Å². The zero-order valence-corrected chi connectivity index (χ0v) is 15.2. The van der Waals surface area contributed by atoms with Crippen molar-refractivity contribution < 1.29 is 22.9 Å². The summed E-state index contributed by atoms with van der Waals surface area (Å²) in [4.78, 5) is 26.7. The highest BCUT2D eigenvalue weighted by Gasteiger charge is 2.64. The summed E-state index contributed by atoms with van der Waals surface area (Å²) in [6, 6.07) is 4.49. The topological polar surface area (TPSA) is 79.0 Å². The van der Waals surface area contributed by atoms with Crippen molar-refractivity contribution in [2.45, 2.75) is 25.0 Å². The Labute approximate surface area is 152 Å². The van der Waals surface area contributed by atoms with Gasteiger partial charge < -0.3 is 15.0 Å². The van der Waals surface area contributed by atoms with E-state index in [4.69, 9.17) is 4.74 Å². The molecule has 1 N–H and O–H groups in total. The number of hydrogen-bond acceptors (Lipinski definition) is 5. The summed E-state index contributed by atoms with van der Waals surface area (Å²) < 4.78 is 31.5. The van der Waals surface area contributed by atoms with Gasteiger partial charge in [0.1, 0.15) is 5.82 Å². The van der Waals surface area contributed by atoms with Crippen molar-refractivity contribution in [3.05, 3.63) is 24.0 Å². The fourth-order valence-corrected chi connectivity index (χ4v) is 4.64. The minimum atomic E-state index is -0.825. The van der Waals surface area contributed by atoms with Crippen LogP contribution in [0.15, 0.2) is 18.2 Å². The Morgan fingerprint density at radius 2 is 2.12 bits per heavy atom. The monoisotopic (exact) mass is 381 g/mol. The van der Waals surface area contributed by atoms with Crippen molar-refractivity contribution in [1.29, 1.82) is 0 Å². The average Bonchev–Trinajstić information content (AvgIpc) is 3.10. The second-order valence-corrected chi connectivity index (χ2v) is 8.64. The molecule has 9 heteroatoms. The van der Waals surface area contributed by atoms with Gasteiger partial charge in [-0.25, -0.2) is 9.18 Å². The minimum absolute atomic E-state index is 0.167. The molecule has 1 unspecified atom stereocenters. The number of amides is 2. The van der Waals surface area contributed by atoms with E-state index in [-0.39, 0.29) is 18.5 Å². The zero-order chi connectivity index (χ0) is 18.5. The molecule has 2 heterocycles. The fraction of sp³-hybridized carbons (Fsp3) is 0.529. The molecule has 3 fully saturated rings. The Balaban J connectivity index is 1.49. The van der Waals surface area contributed by atoms with Crippen LogP contribution in [-0.4, -0.2) is 59.0 Å². The highest BCUT2D eigenvalue weighted by molar-refractivity contribution is 7.85. The first-order chi connectivity index (χ1) is 12.4. The summed E-state index contributed by atoms with van der Waals surface area (Å²) >= 11 is 0. The molecule has 4 rings (SSSR count). The highest BCUT2D eigenvalue weighted by Crippen LogP contribution is 2.46. The smallest absolute Gasteiger partial charge is 0.415 e. The summed E-state index contributed by atoms with van der Waals surface area (Å²) in [6.07, 6.45) is 0.0405. The molecule has 0 aromatic heterocycles. The molecule has 2 amide bonds. The Morgan fingerprint density at radius 3 is 2.77 bits per heavy atom. The molecular weight excluding hydrogens is 361 g/mol. The molecule has 1 saturated carbocycles. The molecule has 1 aliphatic carbocycles. The van der Waals surface area contributed by atoms with Crippen molar-refractivity contribution in [2.75, 3.05) is 40.9 Å². The van der Waals surface area contributed by atoms with Crippen molar-refractivity contribution in [3.8, 4) is 0 Å². The van der Waals surface area contributed by atoms with Gasteiger partial charge in [0.15, 0.2) is 5.60 Å². The van der Waals surface area contributed by atoms with Crippen LogP contribution < -0.4 is 15.1 Å². The molecule has 3 aliphatic rings. The molecule has 0 bridgehead atoms. The maximum atomic E-state index is 14.6. The van der Waals surface area contributed by atoms with Gasteiger partial charge in [0.2, 0.25) is 5.91 Å². The van der Waals surface area contributed by atoms with Gasteiger partial charge in [0, 0.05) is 48.7 Å². The van der Waals surface area contributed by atoms with E-state index in [0.29, 0.717) is 42.4 Å². The van der Waals surface area contributed by atoms with Gasteiger partial charge in [-0.2, -0.15) is 0 Å². The van der Waals surface area contributed by atoms with Crippen molar-refractivity contribution in [3.63, 3.8) is 0 Å². The summed E-state index contributed by atoms with van der Waals surface area (Å²) in [5, 5.41) is 2.76. The minimum Gasteiger partial charge on any atom is -0.438 e. The Kier molecular flexibility index (Phi) is 4.13. The maximum absolute atomic E-state index is 14.6. The SMILES string of the molecule is CC(=O)N[C@H]1CC12CN(c1ccc(N3CCS(=O)CC3)c(F)c1)C(=O)O2. The normalized spacial score (nSPS) is 28.4. The van der Waals surface area contributed by atoms with E-state index < -0.39 is 28.3 Å². The maximum Gasteiger partial charge on any atom is 0.415 e. The lowest BCUT2D eigenvalue weighted by Crippen LogP contribution is -2.38. The molecule has 2 atom stereocenters. The van der Waals surface area contributed by atoms with Crippen LogP contribution in [0.5, 0.6) is 0 Å². The summed E-state index contributed by atoms with van der Waals surface area (Å²) in [6.45, 7) is 2.81. The zero-order valence-electron chi connectivity index (χ0n) is 14.4. The second-order valence-electron chi connectivity index (χ2n) is 6.95. The average molecular weight is 381 g/mol. The number of carbonyl (C=O) groups excluding carboxylic acids is 2. The van der Waals surface area contributed by atoms with E-state index in [0.717, 1.165) is 0 Å². The molecule has 1 aromatic rings. The van der Waals surface area contributed by atoms with Crippen molar-refractivity contribution in [1.82, 2.24) is 5.32 Å². The van der Waals surface area contributed by atoms with Gasteiger partial charge in [0.25, 0.3) is 0 Å². The van der Waals surface area contributed by atoms with Crippen LogP contribution in [0.2, 0.25) is 0 Å². The number of nitrogens with zero attached hydrogens (tertiary/aromatic N) is 2. The molecular formula is C17H20FN3O4S. The first kappa shape index (κ1) is 17.3. The standard InChI is InChI=1S/C17H20FN3O4S/c1-11(22)19-15-9-17(15)10-21(16(23)25-17)12-2-3-14(13(18)8-12)20-4-6-26(24)7-5-20/h2-3,8,15H,4-7,9-10H2,1H3,(H,19,22)/t15-,17?/m0/s1. The lowest BCUT2D eigenvalue weighted by molar-refractivity contribution is -0.119. The lowest BCUT2D eigenvalue weighted by Gasteiger charge is -2.29. The lowest BCUT2D eigenvalue weighted by atomic mass is 10.2. The molecule has 140 valence electrons. The predicted octanol–water partition coefficient (Wildman–Crippen LogP) is 0.998. The van der Waals surface area contributed by atoms with E-state index in [9.17, 15) is 18.2 Å². The van der Waals surface area contributed by atoms with Gasteiger partial charge >= 0.3 is 6.09 Å². The number of halogens is 1. The summed E-state index contributed by atoms with van der Waals surface area (Å²) in [5.41, 5.74) is 0.187.